The lowest BCUT2D eigenvalue weighted by molar-refractivity contribution is 0.0527. The van der Waals surface area contributed by atoms with Gasteiger partial charge in [0.2, 0.25) is 5.95 Å². The van der Waals surface area contributed by atoms with E-state index < -0.39 is 11.8 Å². The molecule has 1 aromatic carbocycles. The standard InChI is InChI=1S/C17H14BrFN4O2/c1-2-25-16(24)11-8-14(13-5-6-21-17(20)23-13)22-15(11)10-7-9(18)3-4-12(10)19/h3-8,22H,2H2,1H3,(H2,20,21,23). The van der Waals surface area contributed by atoms with Crippen molar-refractivity contribution in [2.45, 2.75) is 6.92 Å². The maximum Gasteiger partial charge on any atom is 0.340 e. The average Bonchev–Trinajstić information content (AvgIpc) is 3.02. The van der Waals surface area contributed by atoms with E-state index in [9.17, 15) is 9.18 Å². The van der Waals surface area contributed by atoms with Crippen LogP contribution in [0.5, 0.6) is 0 Å². The van der Waals surface area contributed by atoms with Gasteiger partial charge in [-0.25, -0.2) is 19.2 Å². The highest BCUT2D eigenvalue weighted by atomic mass is 79.9. The fourth-order valence-electron chi connectivity index (χ4n) is 2.39. The van der Waals surface area contributed by atoms with Crippen LogP contribution in [0.3, 0.4) is 0 Å². The van der Waals surface area contributed by atoms with Crippen LogP contribution < -0.4 is 5.73 Å². The van der Waals surface area contributed by atoms with Gasteiger partial charge in [-0.3, -0.25) is 0 Å². The molecule has 2 heterocycles. The van der Waals surface area contributed by atoms with Crippen molar-refractivity contribution in [1.82, 2.24) is 15.0 Å². The first-order valence-electron chi connectivity index (χ1n) is 7.44. The van der Waals surface area contributed by atoms with Gasteiger partial charge in [-0.2, -0.15) is 0 Å². The van der Waals surface area contributed by atoms with Gasteiger partial charge in [0.1, 0.15) is 5.82 Å². The minimum Gasteiger partial charge on any atom is -0.462 e. The zero-order valence-electron chi connectivity index (χ0n) is 13.2. The van der Waals surface area contributed by atoms with Crippen LogP contribution in [0.4, 0.5) is 10.3 Å². The number of carbonyl (C=O) groups is 1. The number of aromatic amines is 1. The van der Waals surface area contributed by atoms with E-state index in [1.807, 2.05) is 0 Å². The molecule has 6 nitrogen and oxygen atoms in total. The molecule has 3 aromatic rings. The van der Waals surface area contributed by atoms with Gasteiger partial charge in [-0.05, 0) is 37.3 Å². The van der Waals surface area contributed by atoms with Gasteiger partial charge < -0.3 is 15.5 Å². The van der Waals surface area contributed by atoms with Crippen molar-refractivity contribution in [2.24, 2.45) is 0 Å². The Bertz CT molecular complexity index is 942. The second kappa shape index (κ2) is 7.02. The number of esters is 1. The van der Waals surface area contributed by atoms with Crippen molar-refractivity contribution < 1.29 is 13.9 Å². The summed E-state index contributed by atoms with van der Waals surface area (Å²) >= 11 is 3.31. The van der Waals surface area contributed by atoms with Crippen molar-refractivity contribution >= 4 is 27.8 Å². The average molecular weight is 405 g/mol. The van der Waals surface area contributed by atoms with Crippen molar-refractivity contribution in [3.63, 3.8) is 0 Å². The van der Waals surface area contributed by atoms with E-state index in [4.69, 9.17) is 10.5 Å². The van der Waals surface area contributed by atoms with Gasteiger partial charge in [0.05, 0.1) is 29.3 Å². The lowest BCUT2D eigenvalue weighted by Crippen LogP contribution is -2.05. The number of nitrogen functional groups attached to an aromatic ring is 1. The topological polar surface area (TPSA) is 93.9 Å². The Morgan fingerprint density at radius 3 is 2.88 bits per heavy atom. The summed E-state index contributed by atoms with van der Waals surface area (Å²) in [7, 11) is 0. The Morgan fingerprint density at radius 1 is 1.36 bits per heavy atom. The number of nitrogens with zero attached hydrogens (tertiary/aromatic N) is 2. The Morgan fingerprint density at radius 2 is 2.16 bits per heavy atom. The smallest absolute Gasteiger partial charge is 0.340 e. The molecule has 8 heteroatoms. The van der Waals surface area contributed by atoms with Crippen LogP contribution >= 0.6 is 15.9 Å². The molecule has 0 fully saturated rings. The first-order valence-corrected chi connectivity index (χ1v) is 8.23. The Hall–Kier alpha value is -2.74. The highest BCUT2D eigenvalue weighted by Crippen LogP contribution is 2.32. The summed E-state index contributed by atoms with van der Waals surface area (Å²) in [6, 6.07) is 7.69. The summed E-state index contributed by atoms with van der Waals surface area (Å²) in [4.78, 5) is 23.3. The van der Waals surface area contributed by atoms with Gasteiger partial charge in [0.25, 0.3) is 0 Å². The second-order valence-corrected chi connectivity index (χ2v) is 6.03. The normalized spacial score (nSPS) is 10.7. The van der Waals surface area contributed by atoms with E-state index >= 15 is 0 Å². The number of nitrogens with two attached hydrogens (primary N) is 1. The summed E-state index contributed by atoms with van der Waals surface area (Å²) in [6.07, 6.45) is 1.50. The Kier molecular flexibility index (Phi) is 4.80. The molecule has 3 rings (SSSR count). The highest BCUT2D eigenvalue weighted by molar-refractivity contribution is 9.10. The number of anilines is 1. The van der Waals surface area contributed by atoms with Gasteiger partial charge in [-0.15, -0.1) is 0 Å². The molecular formula is C17H14BrFN4O2. The molecule has 2 aromatic heterocycles. The maximum absolute atomic E-state index is 14.3. The van der Waals surface area contributed by atoms with Crippen LogP contribution in [-0.2, 0) is 4.74 Å². The number of halogens is 2. The van der Waals surface area contributed by atoms with E-state index in [0.717, 1.165) is 0 Å². The zero-order valence-corrected chi connectivity index (χ0v) is 14.8. The first-order chi connectivity index (χ1) is 12.0. The maximum atomic E-state index is 14.3. The number of nitrogens with one attached hydrogen (secondary N) is 1. The molecule has 0 saturated heterocycles. The van der Waals surface area contributed by atoms with Gasteiger partial charge in [-0.1, -0.05) is 15.9 Å². The lowest BCUT2D eigenvalue weighted by Gasteiger charge is -2.06. The number of hydrogen-bond acceptors (Lipinski definition) is 5. The number of H-pyrrole nitrogens is 1. The van der Waals surface area contributed by atoms with E-state index in [1.165, 1.54) is 12.3 Å². The lowest BCUT2D eigenvalue weighted by atomic mass is 10.1. The third-order valence-corrected chi connectivity index (χ3v) is 3.95. The summed E-state index contributed by atoms with van der Waals surface area (Å²) in [5, 5.41) is 0. The fraction of sp³-hybridized carbons (Fsp3) is 0.118. The van der Waals surface area contributed by atoms with E-state index in [2.05, 4.69) is 30.9 Å². The molecule has 0 amide bonds. The molecule has 128 valence electrons. The summed E-state index contributed by atoms with van der Waals surface area (Å²) in [5.41, 5.74) is 7.37. The van der Waals surface area contributed by atoms with Crippen molar-refractivity contribution in [3.8, 4) is 22.6 Å². The molecule has 3 N–H and O–H groups in total. The number of hydrogen-bond donors (Lipinski definition) is 2. The summed E-state index contributed by atoms with van der Waals surface area (Å²) in [5.74, 6) is -0.925. The quantitative estimate of drug-likeness (QED) is 0.644. The molecular weight excluding hydrogens is 391 g/mol. The number of rotatable bonds is 4. The van der Waals surface area contributed by atoms with Crippen LogP contribution in [0.1, 0.15) is 17.3 Å². The summed E-state index contributed by atoms with van der Waals surface area (Å²) in [6.45, 7) is 1.91. The van der Waals surface area contributed by atoms with Crippen LogP contribution in [0.15, 0.2) is 41.0 Å². The van der Waals surface area contributed by atoms with E-state index in [1.54, 1.807) is 31.2 Å². The van der Waals surface area contributed by atoms with Gasteiger partial charge >= 0.3 is 5.97 Å². The van der Waals surface area contributed by atoms with Gasteiger partial charge in [0.15, 0.2) is 0 Å². The Balaban J connectivity index is 2.19. The highest BCUT2D eigenvalue weighted by Gasteiger charge is 2.21. The van der Waals surface area contributed by atoms with Crippen molar-refractivity contribution in [3.05, 3.63) is 52.4 Å². The molecule has 0 aliphatic rings. The van der Waals surface area contributed by atoms with Crippen LogP contribution in [-0.4, -0.2) is 27.5 Å². The van der Waals surface area contributed by atoms with E-state index in [-0.39, 0.29) is 23.7 Å². The van der Waals surface area contributed by atoms with Crippen LogP contribution in [0.25, 0.3) is 22.6 Å². The molecule has 25 heavy (non-hydrogen) atoms. The number of aromatic nitrogens is 3. The van der Waals surface area contributed by atoms with Crippen molar-refractivity contribution in [1.29, 1.82) is 0 Å². The summed E-state index contributed by atoms with van der Waals surface area (Å²) < 4.78 is 20.1. The minimum atomic E-state index is -0.554. The first kappa shape index (κ1) is 17.1. The number of carbonyl (C=O) groups excluding carboxylic acids is 1. The van der Waals surface area contributed by atoms with E-state index in [0.29, 0.717) is 21.6 Å². The second-order valence-electron chi connectivity index (χ2n) is 5.12. The molecule has 0 atom stereocenters. The number of benzene rings is 1. The molecule has 0 aliphatic heterocycles. The molecule has 0 spiro atoms. The minimum absolute atomic E-state index is 0.0972. The fourth-order valence-corrected chi connectivity index (χ4v) is 2.75. The molecule has 0 saturated carbocycles. The molecule has 0 unspecified atom stereocenters. The number of ether oxygens (including phenoxy) is 1. The van der Waals surface area contributed by atoms with Gasteiger partial charge in [0, 0.05) is 16.2 Å². The third-order valence-electron chi connectivity index (χ3n) is 3.46. The Labute approximate surface area is 151 Å². The van der Waals surface area contributed by atoms with Crippen molar-refractivity contribution in [2.75, 3.05) is 12.3 Å². The predicted molar refractivity (Wildman–Crippen MR) is 95.3 cm³/mol. The molecule has 0 aliphatic carbocycles. The zero-order chi connectivity index (χ0) is 18.0. The monoisotopic (exact) mass is 404 g/mol. The third kappa shape index (κ3) is 3.53. The molecule has 0 bridgehead atoms. The predicted octanol–water partition coefficient (Wildman–Crippen LogP) is 3.80. The molecule has 0 radical (unpaired) electrons. The SMILES string of the molecule is CCOC(=O)c1cc(-c2ccnc(N)n2)[nH]c1-c1cc(Br)ccc1F. The van der Waals surface area contributed by atoms with Crippen LogP contribution in [0.2, 0.25) is 0 Å². The van der Waals surface area contributed by atoms with Crippen LogP contribution in [0, 0.1) is 5.82 Å². The largest absolute Gasteiger partial charge is 0.462 e.